The summed E-state index contributed by atoms with van der Waals surface area (Å²) in [7, 11) is 0. The van der Waals surface area contributed by atoms with Crippen molar-refractivity contribution >= 4 is 21.9 Å². The van der Waals surface area contributed by atoms with Gasteiger partial charge in [-0.3, -0.25) is 4.79 Å². The van der Waals surface area contributed by atoms with Crippen LogP contribution in [0.5, 0.6) is 0 Å². The Hall–Kier alpha value is -0.260. The average Bonchev–Trinajstić information content (AvgIpc) is 1.62. The van der Waals surface area contributed by atoms with Gasteiger partial charge >= 0.3 is 12.1 Å². The van der Waals surface area contributed by atoms with Gasteiger partial charge in [-0.1, -0.05) is 15.9 Å². The van der Waals surface area contributed by atoms with Gasteiger partial charge in [0.15, 0.2) is 0 Å². The predicted octanol–water partition coefficient (Wildman–Crippen LogP) is 1.79. The minimum atomic E-state index is -4.77. The minimum Gasteiger partial charge on any atom is -0.480 e. The lowest BCUT2D eigenvalue weighted by Gasteiger charge is -2.19. The van der Waals surface area contributed by atoms with Gasteiger partial charge in [0.1, 0.15) is 0 Å². The molecular formula is C4H4BrF3O2. The Bertz CT molecular complexity index is 151. The number of carboxylic acids is 1. The van der Waals surface area contributed by atoms with E-state index >= 15 is 0 Å². The highest BCUT2D eigenvalue weighted by molar-refractivity contribution is 9.10. The predicted molar refractivity (Wildman–Crippen MR) is 31.0 cm³/mol. The van der Waals surface area contributed by atoms with E-state index in [0.717, 1.165) is 0 Å². The topological polar surface area (TPSA) is 37.3 Å². The fraction of sp³-hybridized carbons (Fsp3) is 0.750. The summed E-state index contributed by atoms with van der Waals surface area (Å²) in [6, 6.07) is 0. The molecule has 0 rings (SSSR count). The number of hydrogen-bond donors (Lipinski definition) is 1. The van der Waals surface area contributed by atoms with Gasteiger partial charge in [0.2, 0.25) is 4.32 Å². The van der Waals surface area contributed by atoms with Crippen molar-refractivity contribution in [1.29, 1.82) is 0 Å². The largest absolute Gasteiger partial charge is 0.480 e. The molecule has 0 bridgehead atoms. The number of carbonyl (C=O) groups is 1. The van der Waals surface area contributed by atoms with Crippen LogP contribution in [0.4, 0.5) is 13.2 Å². The van der Waals surface area contributed by atoms with Crippen LogP contribution in [0.3, 0.4) is 0 Å². The summed E-state index contributed by atoms with van der Waals surface area (Å²) in [6.45, 7) is 0.537. The van der Waals surface area contributed by atoms with Crippen LogP contribution in [0, 0.1) is 0 Å². The Morgan fingerprint density at radius 2 is 1.80 bits per heavy atom. The second kappa shape index (κ2) is 2.41. The average molecular weight is 221 g/mol. The second-order valence-corrected chi connectivity index (χ2v) is 3.39. The number of rotatable bonds is 1. The second-order valence-electron chi connectivity index (χ2n) is 1.81. The number of halogens is 4. The highest BCUT2D eigenvalue weighted by Gasteiger charge is 2.55. The standard InChI is InChI=1S/C4H4BrF3O2/c1-3(5,2(9)10)4(6,7)8/h1H3,(H,9,10). The van der Waals surface area contributed by atoms with Gasteiger partial charge in [-0.05, 0) is 6.92 Å². The fourth-order valence-corrected chi connectivity index (χ4v) is 0.121. The summed E-state index contributed by atoms with van der Waals surface area (Å²) in [6.07, 6.45) is -4.77. The van der Waals surface area contributed by atoms with Gasteiger partial charge in [0, 0.05) is 0 Å². The molecule has 0 fully saturated rings. The van der Waals surface area contributed by atoms with Crippen molar-refractivity contribution in [3.63, 3.8) is 0 Å². The first-order valence-electron chi connectivity index (χ1n) is 2.18. The molecule has 0 aromatic carbocycles. The van der Waals surface area contributed by atoms with Gasteiger partial charge < -0.3 is 5.11 Å². The molecule has 60 valence electrons. The molecule has 1 N–H and O–H groups in total. The van der Waals surface area contributed by atoms with Crippen LogP contribution in [0.2, 0.25) is 0 Å². The molecule has 0 aliphatic heterocycles. The molecule has 0 aliphatic carbocycles. The van der Waals surface area contributed by atoms with Gasteiger partial charge in [-0.2, -0.15) is 13.2 Å². The Morgan fingerprint density at radius 1 is 1.50 bits per heavy atom. The summed E-state index contributed by atoms with van der Waals surface area (Å²) in [5, 5.41) is 8.01. The summed E-state index contributed by atoms with van der Waals surface area (Å²) in [5.74, 6) is -1.94. The molecule has 0 heterocycles. The van der Waals surface area contributed by atoms with Gasteiger partial charge in [0.25, 0.3) is 0 Å². The zero-order valence-electron chi connectivity index (χ0n) is 4.87. The van der Waals surface area contributed by atoms with E-state index < -0.39 is 16.5 Å². The third kappa shape index (κ3) is 1.62. The molecule has 0 spiro atoms. The van der Waals surface area contributed by atoms with Crippen LogP contribution < -0.4 is 0 Å². The monoisotopic (exact) mass is 220 g/mol. The van der Waals surface area contributed by atoms with Gasteiger partial charge in [-0.15, -0.1) is 0 Å². The van der Waals surface area contributed by atoms with Crippen LogP contribution >= 0.6 is 15.9 Å². The molecule has 10 heavy (non-hydrogen) atoms. The maximum Gasteiger partial charge on any atom is 0.414 e. The maximum absolute atomic E-state index is 11.7. The highest BCUT2D eigenvalue weighted by atomic mass is 79.9. The zero-order valence-corrected chi connectivity index (χ0v) is 6.45. The van der Waals surface area contributed by atoms with E-state index in [0.29, 0.717) is 6.92 Å². The molecule has 1 unspecified atom stereocenters. The van der Waals surface area contributed by atoms with E-state index in [-0.39, 0.29) is 0 Å². The molecule has 0 saturated heterocycles. The van der Waals surface area contributed by atoms with Crippen LogP contribution in [0.25, 0.3) is 0 Å². The third-order valence-electron chi connectivity index (χ3n) is 0.934. The van der Waals surface area contributed by atoms with Crippen molar-refractivity contribution in [3.8, 4) is 0 Å². The lowest BCUT2D eigenvalue weighted by atomic mass is 10.2. The summed E-state index contributed by atoms with van der Waals surface area (Å²) in [4.78, 5) is 9.90. The normalized spacial score (nSPS) is 18.1. The van der Waals surface area contributed by atoms with Gasteiger partial charge in [0.05, 0.1) is 0 Å². The zero-order chi connectivity index (χ0) is 8.58. The maximum atomic E-state index is 11.7. The smallest absolute Gasteiger partial charge is 0.414 e. The van der Waals surface area contributed by atoms with Crippen molar-refractivity contribution in [1.82, 2.24) is 0 Å². The van der Waals surface area contributed by atoms with E-state index in [1.807, 2.05) is 15.9 Å². The van der Waals surface area contributed by atoms with Crippen LogP contribution in [0.15, 0.2) is 0 Å². The minimum absolute atomic E-state index is 0.537. The van der Waals surface area contributed by atoms with E-state index in [9.17, 15) is 18.0 Å². The first-order valence-corrected chi connectivity index (χ1v) is 2.98. The first-order chi connectivity index (χ1) is 4.19. The first kappa shape index (κ1) is 9.74. The van der Waals surface area contributed by atoms with Crippen molar-refractivity contribution in [3.05, 3.63) is 0 Å². The van der Waals surface area contributed by atoms with Crippen molar-refractivity contribution < 1.29 is 23.1 Å². The van der Waals surface area contributed by atoms with E-state index in [2.05, 4.69) is 0 Å². The van der Waals surface area contributed by atoms with Crippen molar-refractivity contribution in [2.24, 2.45) is 0 Å². The Morgan fingerprint density at radius 3 is 1.80 bits per heavy atom. The molecule has 0 amide bonds. The molecule has 1 atom stereocenters. The fourth-order valence-electron chi connectivity index (χ4n) is 0.121. The molecule has 6 heteroatoms. The van der Waals surface area contributed by atoms with Crippen LogP contribution in [0.1, 0.15) is 6.92 Å². The van der Waals surface area contributed by atoms with E-state index in [1.165, 1.54) is 0 Å². The Labute approximate surface area is 63.2 Å². The molecule has 2 nitrogen and oxygen atoms in total. The van der Waals surface area contributed by atoms with Gasteiger partial charge in [-0.25, -0.2) is 0 Å². The van der Waals surface area contributed by atoms with Crippen LogP contribution in [-0.4, -0.2) is 21.6 Å². The number of aliphatic carboxylic acids is 1. The molecule has 0 aliphatic rings. The summed E-state index contributed by atoms with van der Waals surface area (Å²) < 4.78 is 32.1. The summed E-state index contributed by atoms with van der Waals surface area (Å²) >= 11 is 2.04. The molecular weight excluding hydrogens is 217 g/mol. The lowest BCUT2D eigenvalue weighted by molar-refractivity contribution is -0.178. The number of hydrogen-bond acceptors (Lipinski definition) is 1. The number of alkyl halides is 4. The quantitative estimate of drug-likeness (QED) is 0.685. The Balaban J connectivity index is 4.57. The van der Waals surface area contributed by atoms with E-state index in [1.54, 1.807) is 0 Å². The highest BCUT2D eigenvalue weighted by Crippen LogP contribution is 2.37. The molecule has 0 aromatic rings. The molecule has 0 aromatic heterocycles. The van der Waals surface area contributed by atoms with Crippen LogP contribution in [-0.2, 0) is 4.79 Å². The Kier molecular flexibility index (Phi) is 2.35. The molecule has 0 saturated carbocycles. The lowest BCUT2D eigenvalue weighted by Crippen LogP contribution is -2.43. The van der Waals surface area contributed by atoms with E-state index in [4.69, 9.17) is 5.11 Å². The number of carboxylic acid groups (broad SMARTS) is 1. The van der Waals surface area contributed by atoms with Crippen molar-refractivity contribution in [2.45, 2.75) is 17.4 Å². The summed E-state index contributed by atoms with van der Waals surface area (Å²) in [5.41, 5.74) is 0. The SMILES string of the molecule is CC(Br)(C(=O)O)C(F)(F)F. The molecule has 0 radical (unpaired) electrons. The third-order valence-corrected chi connectivity index (χ3v) is 1.72. The van der Waals surface area contributed by atoms with Crippen molar-refractivity contribution in [2.75, 3.05) is 0 Å².